The summed E-state index contributed by atoms with van der Waals surface area (Å²) in [5.74, 6) is 0. The number of hydrogen-bond donors (Lipinski definition) is 1. The highest BCUT2D eigenvalue weighted by atomic mass is 35.5. The van der Waals surface area contributed by atoms with E-state index in [0.29, 0.717) is 0 Å². The molecule has 1 N–H and O–H groups in total. The molecule has 0 aliphatic carbocycles. The van der Waals surface area contributed by atoms with Crippen LogP contribution in [0.5, 0.6) is 0 Å². The Balaban J connectivity index is 1.99. The highest BCUT2D eigenvalue weighted by Gasteiger charge is 2.26. The maximum atomic E-state index is 6.13. The Morgan fingerprint density at radius 1 is 1.41 bits per heavy atom. The van der Waals surface area contributed by atoms with Crippen molar-refractivity contribution in [2.75, 3.05) is 13.2 Å². The Kier molecular flexibility index (Phi) is 4.31. The van der Waals surface area contributed by atoms with Gasteiger partial charge in [-0.05, 0) is 43.5 Å². The second-order valence-corrected chi connectivity index (χ2v) is 5.65. The van der Waals surface area contributed by atoms with E-state index in [1.807, 2.05) is 12.1 Å². The van der Waals surface area contributed by atoms with E-state index < -0.39 is 0 Å². The summed E-state index contributed by atoms with van der Waals surface area (Å²) in [5.41, 5.74) is 1.08. The molecular weight excluding hydrogens is 257 g/mol. The van der Waals surface area contributed by atoms with E-state index in [1.54, 1.807) is 6.07 Å². The molecule has 1 aromatic carbocycles. The zero-order valence-corrected chi connectivity index (χ0v) is 11.4. The van der Waals surface area contributed by atoms with Crippen molar-refractivity contribution in [3.05, 3.63) is 33.8 Å². The van der Waals surface area contributed by atoms with E-state index in [1.165, 1.54) is 0 Å². The van der Waals surface area contributed by atoms with Gasteiger partial charge in [-0.1, -0.05) is 23.2 Å². The highest BCUT2D eigenvalue weighted by molar-refractivity contribution is 6.33. The topological polar surface area (TPSA) is 21.3 Å². The predicted molar refractivity (Wildman–Crippen MR) is 71.8 cm³/mol. The van der Waals surface area contributed by atoms with Crippen LogP contribution >= 0.6 is 23.2 Å². The first-order chi connectivity index (χ1) is 8.09. The van der Waals surface area contributed by atoms with Crippen LogP contribution in [-0.2, 0) is 11.3 Å². The second-order valence-electron chi connectivity index (χ2n) is 4.81. The lowest BCUT2D eigenvalue weighted by molar-refractivity contribution is 0.0278. The molecule has 0 aromatic heterocycles. The van der Waals surface area contributed by atoms with E-state index in [9.17, 15) is 0 Å². The molecule has 1 saturated heterocycles. The molecule has 1 aliphatic rings. The van der Waals surface area contributed by atoms with Gasteiger partial charge in [0.05, 0.1) is 6.61 Å². The Labute approximate surface area is 112 Å². The molecule has 1 aromatic rings. The summed E-state index contributed by atoms with van der Waals surface area (Å²) in [6, 6.07) is 5.55. The Hall–Kier alpha value is -0.280. The lowest BCUT2D eigenvalue weighted by Gasteiger charge is -2.34. The first kappa shape index (κ1) is 13.2. The molecule has 1 fully saturated rings. The quantitative estimate of drug-likeness (QED) is 0.908. The van der Waals surface area contributed by atoms with Gasteiger partial charge in [0, 0.05) is 28.7 Å². The van der Waals surface area contributed by atoms with Gasteiger partial charge < -0.3 is 10.1 Å². The maximum Gasteiger partial charge on any atom is 0.0645 e. The molecule has 1 atom stereocenters. The monoisotopic (exact) mass is 273 g/mol. The minimum absolute atomic E-state index is 0.0455. The van der Waals surface area contributed by atoms with E-state index in [0.717, 1.165) is 48.2 Å². The van der Waals surface area contributed by atoms with Gasteiger partial charge in [-0.15, -0.1) is 0 Å². The smallest absolute Gasteiger partial charge is 0.0645 e. The first-order valence-corrected chi connectivity index (χ1v) is 6.61. The van der Waals surface area contributed by atoms with Crippen LogP contribution in [0, 0.1) is 0 Å². The molecule has 0 saturated carbocycles. The fraction of sp³-hybridized carbons (Fsp3) is 0.538. The predicted octanol–water partition coefficient (Wildman–Crippen LogP) is 3.65. The zero-order valence-electron chi connectivity index (χ0n) is 9.93. The van der Waals surface area contributed by atoms with Crippen LogP contribution in [0.2, 0.25) is 10.0 Å². The van der Waals surface area contributed by atoms with Crippen molar-refractivity contribution in [1.29, 1.82) is 0 Å². The molecule has 1 aliphatic heterocycles. The van der Waals surface area contributed by atoms with E-state index in [-0.39, 0.29) is 5.54 Å². The third kappa shape index (κ3) is 3.59. The number of nitrogens with one attached hydrogen (secondary N) is 1. The minimum Gasteiger partial charge on any atom is -0.380 e. The van der Waals surface area contributed by atoms with Crippen molar-refractivity contribution in [1.82, 2.24) is 5.32 Å². The highest BCUT2D eigenvalue weighted by Crippen LogP contribution is 2.23. The number of benzene rings is 1. The average molecular weight is 274 g/mol. The van der Waals surface area contributed by atoms with Gasteiger partial charge in [0.1, 0.15) is 0 Å². The molecule has 94 valence electrons. The summed E-state index contributed by atoms with van der Waals surface area (Å²) in [7, 11) is 0. The average Bonchev–Trinajstić information content (AvgIpc) is 2.31. The van der Waals surface area contributed by atoms with Crippen molar-refractivity contribution < 1.29 is 4.74 Å². The fourth-order valence-electron chi connectivity index (χ4n) is 2.06. The summed E-state index contributed by atoms with van der Waals surface area (Å²) in [6.07, 6.45) is 2.23. The van der Waals surface area contributed by atoms with Crippen LogP contribution in [0.1, 0.15) is 25.3 Å². The number of hydrogen-bond acceptors (Lipinski definition) is 2. The summed E-state index contributed by atoms with van der Waals surface area (Å²) in [6.45, 7) is 4.53. The lowest BCUT2D eigenvalue weighted by atomic mass is 9.94. The van der Waals surface area contributed by atoms with Crippen molar-refractivity contribution in [2.24, 2.45) is 0 Å². The molecule has 1 unspecified atom stereocenters. The Morgan fingerprint density at radius 2 is 2.24 bits per heavy atom. The third-order valence-corrected chi connectivity index (χ3v) is 3.76. The van der Waals surface area contributed by atoms with Crippen LogP contribution in [0.3, 0.4) is 0 Å². The maximum absolute atomic E-state index is 6.13. The number of halogens is 2. The van der Waals surface area contributed by atoms with Crippen molar-refractivity contribution in [3.8, 4) is 0 Å². The molecule has 0 radical (unpaired) electrons. The summed E-state index contributed by atoms with van der Waals surface area (Å²) >= 11 is 12.1. The van der Waals surface area contributed by atoms with Gasteiger partial charge >= 0.3 is 0 Å². The van der Waals surface area contributed by atoms with E-state index in [2.05, 4.69) is 12.2 Å². The van der Waals surface area contributed by atoms with Crippen LogP contribution in [-0.4, -0.2) is 18.8 Å². The molecule has 4 heteroatoms. The number of ether oxygens (including phenoxy) is 1. The Morgan fingerprint density at radius 3 is 2.94 bits per heavy atom. The van der Waals surface area contributed by atoms with Crippen molar-refractivity contribution in [3.63, 3.8) is 0 Å². The Bertz CT molecular complexity index is 389. The molecule has 0 spiro atoms. The van der Waals surface area contributed by atoms with Gasteiger partial charge in [-0.25, -0.2) is 0 Å². The van der Waals surface area contributed by atoms with Gasteiger partial charge in [0.25, 0.3) is 0 Å². The van der Waals surface area contributed by atoms with Crippen molar-refractivity contribution >= 4 is 23.2 Å². The SMILES string of the molecule is CC1(NCc2cc(Cl)ccc2Cl)CCCOC1. The summed E-state index contributed by atoms with van der Waals surface area (Å²) in [4.78, 5) is 0. The number of rotatable bonds is 3. The van der Waals surface area contributed by atoms with Crippen LogP contribution in [0.25, 0.3) is 0 Å². The largest absolute Gasteiger partial charge is 0.380 e. The van der Waals surface area contributed by atoms with Gasteiger partial charge in [-0.2, -0.15) is 0 Å². The van der Waals surface area contributed by atoms with Crippen LogP contribution in [0.15, 0.2) is 18.2 Å². The zero-order chi connectivity index (χ0) is 12.3. The van der Waals surface area contributed by atoms with E-state index in [4.69, 9.17) is 27.9 Å². The summed E-state index contributed by atoms with van der Waals surface area (Å²) in [5, 5.41) is 4.99. The standard InChI is InChI=1S/C13H17Cl2NO/c1-13(5-2-6-17-9-13)16-8-10-7-11(14)3-4-12(10)15/h3-4,7,16H,2,5-6,8-9H2,1H3. The van der Waals surface area contributed by atoms with Crippen LogP contribution < -0.4 is 5.32 Å². The normalized spacial score (nSPS) is 24.9. The lowest BCUT2D eigenvalue weighted by Crippen LogP contribution is -2.48. The third-order valence-electron chi connectivity index (χ3n) is 3.15. The van der Waals surface area contributed by atoms with Gasteiger partial charge in [0.2, 0.25) is 0 Å². The van der Waals surface area contributed by atoms with Crippen LogP contribution in [0.4, 0.5) is 0 Å². The molecule has 1 heterocycles. The van der Waals surface area contributed by atoms with E-state index >= 15 is 0 Å². The van der Waals surface area contributed by atoms with Gasteiger partial charge in [0.15, 0.2) is 0 Å². The van der Waals surface area contributed by atoms with Gasteiger partial charge in [-0.3, -0.25) is 0 Å². The summed E-state index contributed by atoms with van der Waals surface area (Å²) < 4.78 is 5.51. The molecular formula is C13H17Cl2NO. The van der Waals surface area contributed by atoms with Crippen molar-refractivity contribution in [2.45, 2.75) is 31.8 Å². The fourth-order valence-corrected chi connectivity index (χ4v) is 2.44. The minimum atomic E-state index is 0.0455. The molecule has 0 amide bonds. The molecule has 2 rings (SSSR count). The first-order valence-electron chi connectivity index (χ1n) is 5.86. The molecule has 0 bridgehead atoms. The molecule has 17 heavy (non-hydrogen) atoms. The second kappa shape index (κ2) is 5.57. The molecule has 2 nitrogen and oxygen atoms in total.